The van der Waals surface area contributed by atoms with Crippen LogP contribution in [0.15, 0.2) is 24.3 Å². The number of rotatable bonds is 4. The highest BCUT2D eigenvalue weighted by molar-refractivity contribution is 6.32. The van der Waals surface area contributed by atoms with E-state index >= 15 is 0 Å². The van der Waals surface area contributed by atoms with Crippen LogP contribution in [0.25, 0.3) is 0 Å². The van der Waals surface area contributed by atoms with E-state index in [1.807, 2.05) is 12.1 Å². The number of esters is 1. The summed E-state index contributed by atoms with van der Waals surface area (Å²) in [5.41, 5.74) is 2.31. The molecule has 0 spiro atoms. The summed E-state index contributed by atoms with van der Waals surface area (Å²) in [5.74, 6) is -0.910. The maximum Gasteiger partial charge on any atom is 0.343 e. The van der Waals surface area contributed by atoms with Gasteiger partial charge in [0.15, 0.2) is 12.4 Å². The number of aromatic nitrogens is 2. The molecule has 0 bridgehead atoms. The van der Waals surface area contributed by atoms with Gasteiger partial charge in [0.1, 0.15) is 10.7 Å². The van der Waals surface area contributed by atoms with Gasteiger partial charge in [0.2, 0.25) is 0 Å². The van der Waals surface area contributed by atoms with Crippen molar-refractivity contribution in [3.8, 4) is 0 Å². The highest BCUT2D eigenvalue weighted by Crippen LogP contribution is 2.22. The first-order chi connectivity index (χ1) is 11.1. The van der Waals surface area contributed by atoms with Gasteiger partial charge >= 0.3 is 5.97 Å². The number of carbonyl (C=O) groups excluding carboxylic acids is 2. The molecule has 0 atom stereocenters. The summed E-state index contributed by atoms with van der Waals surface area (Å²) in [4.78, 5) is 24.3. The maximum absolute atomic E-state index is 12.2. The number of ether oxygens (including phenoxy) is 1. The minimum Gasteiger partial charge on any atom is -0.454 e. The Bertz CT molecular complexity index is 771. The molecular formula is C18H21ClN2O3. The number of hydrogen-bond acceptors (Lipinski definition) is 4. The molecule has 0 aliphatic heterocycles. The van der Waals surface area contributed by atoms with Gasteiger partial charge in [-0.15, -0.1) is 0 Å². The van der Waals surface area contributed by atoms with Crippen LogP contribution in [0.5, 0.6) is 0 Å². The fourth-order valence-electron chi connectivity index (χ4n) is 2.30. The molecule has 0 aliphatic rings. The second-order valence-corrected chi connectivity index (χ2v) is 7.06. The molecule has 5 nitrogen and oxygen atoms in total. The zero-order valence-corrected chi connectivity index (χ0v) is 15.3. The predicted octanol–water partition coefficient (Wildman–Crippen LogP) is 3.72. The Morgan fingerprint density at radius 3 is 2.25 bits per heavy atom. The number of nitrogens with zero attached hydrogens (tertiary/aromatic N) is 2. The van der Waals surface area contributed by atoms with Gasteiger partial charge in [-0.2, -0.15) is 5.10 Å². The molecule has 2 rings (SSSR count). The average Bonchev–Trinajstić information content (AvgIpc) is 2.76. The molecule has 0 radical (unpaired) electrons. The zero-order valence-electron chi connectivity index (χ0n) is 14.5. The Labute approximate surface area is 146 Å². The number of benzene rings is 1. The Morgan fingerprint density at radius 2 is 1.79 bits per heavy atom. The highest BCUT2D eigenvalue weighted by Gasteiger charge is 2.21. The summed E-state index contributed by atoms with van der Waals surface area (Å²) in [7, 11) is 1.63. The summed E-state index contributed by atoms with van der Waals surface area (Å²) in [6.07, 6.45) is 0. The van der Waals surface area contributed by atoms with Crippen molar-refractivity contribution in [1.29, 1.82) is 0 Å². The molecule has 0 unspecified atom stereocenters. The molecule has 0 aliphatic carbocycles. The van der Waals surface area contributed by atoms with E-state index in [0.29, 0.717) is 11.3 Å². The summed E-state index contributed by atoms with van der Waals surface area (Å²) >= 11 is 6.02. The third kappa shape index (κ3) is 3.85. The molecular weight excluding hydrogens is 328 g/mol. The van der Waals surface area contributed by atoms with Crippen molar-refractivity contribution in [3.05, 3.63) is 51.8 Å². The number of Topliss-reactive ketones (excluding diaryl/α,β-unsaturated/α-hetero) is 1. The van der Waals surface area contributed by atoms with Crippen LogP contribution in [0.1, 0.15) is 52.7 Å². The van der Waals surface area contributed by atoms with Crippen LogP contribution < -0.4 is 0 Å². The molecule has 0 amide bonds. The molecule has 24 heavy (non-hydrogen) atoms. The van der Waals surface area contributed by atoms with Crippen LogP contribution in [0.3, 0.4) is 0 Å². The second-order valence-electron chi connectivity index (χ2n) is 6.70. The second kappa shape index (κ2) is 6.77. The van der Waals surface area contributed by atoms with Crippen LogP contribution in [-0.4, -0.2) is 28.1 Å². The van der Waals surface area contributed by atoms with Crippen molar-refractivity contribution in [2.24, 2.45) is 7.05 Å². The lowest BCUT2D eigenvalue weighted by Gasteiger charge is -2.18. The number of hydrogen-bond donors (Lipinski definition) is 0. The van der Waals surface area contributed by atoms with E-state index in [-0.39, 0.29) is 28.5 Å². The molecule has 1 heterocycles. The smallest absolute Gasteiger partial charge is 0.343 e. The van der Waals surface area contributed by atoms with Crippen molar-refractivity contribution in [3.63, 3.8) is 0 Å². The van der Waals surface area contributed by atoms with E-state index in [2.05, 4.69) is 25.9 Å². The van der Waals surface area contributed by atoms with Gasteiger partial charge in [0.25, 0.3) is 0 Å². The van der Waals surface area contributed by atoms with Crippen LogP contribution >= 0.6 is 11.6 Å². The van der Waals surface area contributed by atoms with Crippen molar-refractivity contribution in [1.82, 2.24) is 9.78 Å². The largest absolute Gasteiger partial charge is 0.454 e. The van der Waals surface area contributed by atoms with Gasteiger partial charge in [0.05, 0.1) is 5.69 Å². The molecule has 0 N–H and O–H groups in total. The molecule has 0 fully saturated rings. The lowest BCUT2D eigenvalue weighted by Crippen LogP contribution is -2.16. The van der Waals surface area contributed by atoms with Crippen molar-refractivity contribution in [2.75, 3.05) is 6.61 Å². The summed E-state index contributed by atoms with van der Waals surface area (Å²) in [6.45, 7) is 7.64. The number of aryl methyl sites for hydroxylation is 2. The van der Waals surface area contributed by atoms with Crippen LogP contribution in [0.4, 0.5) is 0 Å². The number of halogens is 1. The Morgan fingerprint density at radius 1 is 1.21 bits per heavy atom. The third-order valence-corrected chi connectivity index (χ3v) is 4.20. The monoisotopic (exact) mass is 348 g/mol. The van der Waals surface area contributed by atoms with Gasteiger partial charge in [-0.1, -0.05) is 56.6 Å². The fourth-order valence-corrected chi connectivity index (χ4v) is 2.56. The van der Waals surface area contributed by atoms with E-state index in [0.717, 1.165) is 5.56 Å². The number of carbonyl (C=O) groups is 2. The first kappa shape index (κ1) is 18.2. The highest BCUT2D eigenvalue weighted by atomic mass is 35.5. The normalized spacial score (nSPS) is 11.4. The topological polar surface area (TPSA) is 61.2 Å². The minimum absolute atomic E-state index is 0.0165. The predicted molar refractivity (Wildman–Crippen MR) is 92.7 cm³/mol. The van der Waals surface area contributed by atoms with Gasteiger partial charge < -0.3 is 4.74 Å². The maximum atomic E-state index is 12.2. The Balaban J connectivity index is 2.04. The van der Waals surface area contributed by atoms with E-state index in [4.69, 9.17) is 16.3 Å². The van der Waals surface area contributed by atoms with Gasteiger partial charge in [-0.25, -0.2) is 4.79 Å². The van der Waals surface area contributed by atoms with Crippen molar-refractivity contribution >= 4 is 23.4 Å². The quantitative estimate of drug-likeness (QED) is 0.624. The molecule has 1 aromatic heterocycles. The Hall–Kier alpha value is -2.14. The molecule has 128 valence electrons. The van der Waals surface area contributed by atoms with Gasteiger partial charge in [-0.05, 0) is 17.9 Å². The minimum atomic E-state index is -0.648. The first-order valence-electron chi connectivity index (χ1n) is 7.61. The number of ketones is 1. The zero-order chi connectivity index (χ0) is 18.1. The molecule has 2 aromatic rings. The SMILES string of the molecule is Cc1nn(C)c(Cl)c1C(=O)OCC(=O)c1ccc(C(C)(C)C)cc1. The molecule has 6 heteroatoms. The summed E-state index contributed by atoms with van der Waals surface area (Å²) < 4.78 is 6.48. The molecule has 0 saturated heterocycles. The lowest BCUT2D eigenvalue weighted by molar-refractivity contribution is 0.0474. The van der Waals surface area contributed by atoms with Crippen molar-refractivity contribution in [2.45, 2.75) is 33.1 Å². The van der Waals surface area contributed by atoms with Crippen molar-refractivity contribution < 1.29 is 14.3 Å². The van der Waals surface area contributed by atoms with Crippen LogP contribution in [0.2, 0.25) is 5.15 Å². The lowest BCUT2D eigenvalue weighted by atomic mass is 9.86. The van der Waals surface area contributed by atoms with E-state index in [9.17, 15) is 9.59 Å². The van der Waals surface area contributed by atoms with E-state index in [1.165, 1.54) is 4.68 Å². The molecule has 0 saturated carbocycles. The first-order valence-corrected chi connectivity index (χ1v) is 7.99. The van der Waals surface area contributed by atoms with E-state index in [1.54, 1.807) is 26.1 Å². The Kier molecular flexibility index (Phi) is 5.13. The van der Waals surface area contributed by atoms with E-state index < -0.39 is 5.97 Å². The third-order valence-electron chi connectivity index (χ3n) is 3.76. The molecule has 1 aromatic carbocycles. The summed E-state index contributed by atoms with van der Waals surface area (Å²) in [5, 5.41) is 4.24. The van der Waals surface area contributed by atoms with Gasteiger partial charge in [0, 0.05) is 12.6 Å². The summed E-state index contributed by atoms with van der Waals surface area (Å²) in [6, 6.07) is 7.33. The average molecular weight is 349 g/mol. The van der Waals surface area contributed by atoms with Gasteiger partial charge in [-0.3, -0.25) is 9.48 Å². The fraction of sp³-hybridized carbons (Fsp3) is 0.389. The standard InChI is InChI=1S/C18H21ClN2O3/c1-11-15(16(19)21(5)20-11)17(23)24-10-14(22)12-6-8-13(9-7-12)18(2,3)4/h6-9H,10H2,1-5H3. The van der Waals surface area contributed by atoms with Crippen LogP contribution in [0, 0.1) is 6.92 Å². The van der Waals surface area contributed by atoms with Crippen LogP contribution in [-0.2, 0) is 17.2 Å².